The number of anilines is 4. The van der Waals surface area contributed by atoms with Crippen molar-refractivity contribution in [1.29, 1.82) is 0 Å². The van der Waals surface area contributed by atoms with Gasteiger partial charge in [-0.1, -0.05) is 172 Å². The summed E-state index contributed by atoms with van der Waals surface area (Å²) in [7, 11) is -8.85. The molecule has 0 radical (unpaired) electrons. The molecule has 0 saturated carbocycles. The van der Waals surface area contributed by atoms with Gasteiger partial charge >= 0.3 is 5.97 Å². The van der Waals surface area contributed by atoms with E-state index in [0.29, 0.717) is 104 Å². The number of unbranched alkanes of at least 4 members (excludes halogenated alkanes) is 4. The molecule has 38 heteroatoms. The first-order chi connectivity index (χ1) is 71.5. The third kappa shape index (κ3) is 25.5. The number of nitrogens with one attached hydrogen (secondary N) is 3. The SMILES string of the molecule is Cc1ccc2c(c1)C(C)(C)C(=CC=CC=CC1=[N+](CCCCCC(=O)NCc3ccc(COc4nc(N)nc5nc[nH]c45)cc3)c3ccc(S(=O)(=O)O)cc3C1(C)C)N2CCCc1ccc([N+](=O)[O-])cc1.Cc1ccc2c(c1)C(C)(C)C(=CC=CC=CC1=[N+](CCCCCC(=O)ON3C(=O)CCC3=O)c3ccc(S(=O)(=O)O)cc3C1(C)C)N2CCCc1ccc([N+](=O)[O-])cc1.NCc1ccc(COc2nc(N)nc3nc[nH]c23)cc1. The maximum absolute atomic E-state index is 12.9. The quantitative estimate of drug-likeness (QED) is 0.00336. The maximum Gasteiger partial charge on any atom is 0.333 e. The zero-order valence-electron chi connectivity index (χ0n) is 85.5. The number of H-pyrrole nitrogens is 2. The van der Waals surface area contributed by atoms with Crippen molar-refractivity contribution in [2.75, 3.05) is 47.4 Å². The van der Waals surface area contributed by atoms with Gasteiger partial charge in [0.25, 0.3) is 43.4 Å². The summed E-state index contributed by atoms with van der Waals surface area (Å²) in [5, 5.41) is 25.9. The molecule has 150 heavy (non-hydrogen) atoms. The maximum atomic E-state index is 12.9. The Morgan fingerprint density at radius 2 is 0.893 bits per heavy atom. The van der Waals surface area contributed by atoms with Gasteiger partial charge in [-0.15, -0.1) is 5.06 Å². The number of carbonyl (C=O) groups excluding carboxylic acids is 4. The molecule has 5 aliphatic rings. The first kappa shape index (κ1) is 108. The second-order valence-corrected chi connectivity index (χ2v) is 42.5. The number of benzene rings is 8. The molecule has 4 aromatic heterocycles. The number of hydroxylamine groups is 2. The number of nitrogens with zero attached hydrogens (tertiary/aromatic N) is 13. The van der Waals surface area contributed by atoms with Gasteiger partial charge in [0.15, 0.2) is 22.7 Å². The summed E-state index contributed by atoms with van der Waals surface area (Å²) in [6.07, 6.45) is 31.3. The van der Waals surface area contributed by atoms with Crippen LogP contribution in [0.15, 0.2) is 264 Å². The highest BCUT2D eigenvalue weighted by atomic mass is 32.2. The number of fused-ring (bicyclic) bond motifs is 6. The van der Waals surface area contributed by atoms with Crippen molar-refractivity contribution in [1.82, 2.24) is 50.3 Å². The topological polar surface area (TPSA) is 506 Å². The number of carbonyl (C=O) groups is 4. The fourth-order valence-corrected chi connectivity index (χ4v) is 20.6. The Morgan fingerprint density at radius 3 is 1.31 bits per heavy atom. The molecule has 17 rings (SSSR count). The van der Waals surface area contributed by atoms with Gasteiger partial charge in [-0.25, -0.2) is 14.8 Å². The molecule has 11 N–H and O–H groups in total. The number of aromatic amines is 2. The zero-order chi connectivity index (χ0) is 107. The third-order valence-corrected chi connectivity index (χ3v) is 29.4. The number of nitrogens with two attached hydrogens (primary N) is 3. The lowest BCUT2D eigenvalue weighted by atomic mass is 9.81. The Hall–Kier alpha value is -15.9. The predicted molar refractivity (Wildman–Crippen MR) is 574 cm³/mol. The van der Waals surface area contributed by atoms with Crippen molar-refractivity contribution in [2.24, 2.45) is 5.73 Å². The smallest absolute Gasteiger partial charge is 0.333 e. The standard InChI is InChI=1S/C54H59N9O7S.C45H50N4O9S.C13H14N6O/c1-36-17-27-44-42(31-36)53(2,3)46(62(44)30-12-13-37-22-24-40(25-23-37)63(65)66)14-8-6-9-15-47-54(4,5)43-32-41(71(67,68)69)26-28-45(43)61(47)29-11-7-10-16-48(64)56-33-38-18-20-39(21-19-38)34-70-51-49-50(58-35-57-49)59-52(55)60-51;1-31-17-23-37-35(29-31)44(2,3)39(47(37)28-12-13-32-18-20-33(21-19-32)49(53)54)14-8-6-9-15-40-45(4,5)36-30-34(59(55,56)57)22-24-38(36)46(40)27-11-7-10-16-43(52)58-48-41(50)25-26-42(48)51;14-5-8-1-3-9(4-2-8)6-20-12-10-11(17-7-16-10)18-13(15)19-12/h6,8-9,14-15,17-28,31-32,35H,7,10-13,16,29-30,33-34H2,1-5H3,(H4-,55,56,57,58,59,60,64,67,68,69);6,8-9,14-15,17-24,29-30H,7,10-13,16,25-28H2,1-5H3;1-4,7H,5-6,14H2,(H3,15,16,17,18,19)/p+2. The highest BCUT2D eigenvalue weighted by Crippen LogP contribution is 2.51. The summed E-state index contributed by atoms with van der Waals surface area (Å²) in [6.45, 7) is 25.6. The van der Waals surface area contributed by atoms with E-state index in [2.05, 4.69) is 180 Å². The van der Waals surface area contributed by atoms with E-state index in [-0.39, 0.29) is 85.5 Å². The number of non-ortho nitro benzene ring substituents is 2. The molecule has 5 aliphatic heterocycles. The summed E-state index contributed by atoms with van der Waals surface area (Å²) in [6, 6.07) is 51.7. The van der Waals surface area contributed by atoms with Gasteiger partial charge in [-0.05, 0) is 186 Å². The van der Waals surface area contributed by atoms with E-state index >= 15 is 0 Å². The van der Waals surface area contributed by atoms with E-state index < -0.39 is 48.8 Å². The first-order valence-electron chi connectivity index (χ1n) is 49.8. The number of nitro benzene ring substituents is 2. The van der Waals surface area contributed by atoms with Crippen molar-refractivity contribution in [2.45, 2.75) is 217 Å². The number of imide groups is 1. The monoisotopic (exact) mass is 2070 g/mol. The van der Waals surface area contributed by atoms with Gasteiger partial charge in [0, 0.05) is 158 Å². The number of hydrogen-bond donors (Lipinski definition) is 8. The number of ether oxygens (including phenoxy) is 2. The fourth-order valence-electron chi connectivity index (χ4n) is 19.6. The van der Waals surface area contributed by atoms with Crippen molar-refractivity contribution < 1.29 is 78.4 Å². The van der Waals surface area contributed by atoms with Crippen molar-refractivity contribution in [3.05, 3.63) is 342 Å². The average Bonchev–Trinajstić information content (AvgIpc) is 1.59. The van der Waals surface area contributed by atoms with Gasteiger partial charge in [-0.3, -0.25) is 43.7 Å². The Balaban J connectivity index is 0.000000191. The molecule has 36 nitrogen and oxygen atoms in total. The largest absolute Gasteiger partial charge is 0.471 e. The molecule has 0 atom stereocenters. The highest BCUT2D eigenvalue weighted by molar-refractivity contribution is 7.86. The minimum Gasteiger partial charge on any atom is -0.471 e. The summed E-state index contributed by atoms with van der Waals surface area (Å²) in [4.78, 5) is 110. The number of amides is 3. The number of aromatic nitrogens is 8. The van der Waals surface area contributed by atoms with Gasteiger partial charge in [0.1, 0.15) is 37.3 Å². The molecular weight excluding hydrogens is 1950 g/mol. The Labute approximate surface area is 870 Å². The number of nitro groups is 2. The predicted octanol–water partition coefficient (Wildman–Crippen LogP) is 18.8. The molecule has 9 heterocycles. The number of hydrogen-bond acceptors (Lipinski definition) is 26. The lowest BCUT2D eigenvalue weighted by Crippen LogP contribution is -2.31. The summed E-state index contributed by atoms with van der Waals surface area (Å²) in [5.74, 6) is -0.768. The second-order valence-electron chi connectivity index (χ2n) is 39.7. The van der Waals surface area contributed by atoms with Crippen LogP contribution < -0.4 is 41.8 Å². The lowest BCUT2D eigenvalue weighted by molar-refractivity contribution is -0.438. The Kier molecular flexibility index (Phi) is 33.7. The first-order valence-corrected chi connectivity index (χ1v) is 52.7. The number of nitrogen functional groups attached to an aromatic ring is 2. The van der Waals surface area contributed by atoms with E-state index in [9.17, 15) is 65.3 Å². The van der Waals surface area contributed by atoms with E-state index in [1.54, 1.807) is 42.5 Å². The molecule has 0 unspecified atom stereocenters. The number of allylic oxidation sites excluding steroid dienone is 12. The van der Waals surface area contributed by atoms with Crippen LogP contribution in [0.3, 0.4) is 0 Å². The summed E-state index contributed by atoms with van der Waals surface area (Å²) in [5.41, 5.74) is 38.3. The molecule has 780 valence electrons. The lowest BCUT2D eigenvalue weighted by Gasteiger charge is -2.27. The molecular formula is C112H125N19O17S2+2. The van der Waals surface area contributed by atoms with Gasteiger partial charge in [0.2, 0.25) is 40.9 Å². The molecule has 1 saturated heterocycles. The van der Waals surface area contributed by atoms with Crippen LogP contribution in [0, 0.1) is 34.1 Å². The number of imidazole rings is 2. The van der Waals surface area contributed by atoms with E-state index in [0.717, 1.165) is 130 Å². The van der Waals surface area contributed by atoms with Crippen molar-refractivity contribution in [3.63, 3.8) is 0 Å². The fraction of sp³-hybridized carbons (Fsp3) is 0.321. The third-order valence-electron chi connectivity index (χ3n) is 27.7. The summed E-state index contributed by atoms with van der Waals surface area (Å²) < 4.78 is 84.5. The van der Waals surface area contributed by atoms with Crippen LogP contribution in [0.1, 0.15) is 199 Å². The molecule has 0 bridgehead atoms. The van der Waals surface area contributed by atoms with Gasteiger partial charge in [-0.2, -0.15) is 45.9 Å². The van der Waals surface area contributed by atoms with Crippen LogP contribution in [0.2, 0.25) is 0 Å². The summed E-state index contributed by atoms with van der Waals surface area (Å²) >= 11 is 0. The van der Waals surface area contributed by atoms with E-state index in [4.69, 9.17) is 31.5 Å². The van der Waals surface area contributed by atoms with E-state index in [1.807, 2.05) is 123 Å². The molecule has 0 aliphatic carbocycles. The van der Waals surface area contributed by atoms with Gasteiger partial charge in [0.05, 0.1) is 43.1 Å². The number of aryl methyl sites for hydroxylation is 4. The van der Waals surface area contributed by atoms with Crippen LogP contribution in [-0.2, 0) is 105 Å². The van der Waals surface area contributed by atoms with Crippen LogP contribution in [0.5, 0.6) is 11.8 Å². The Bertz CT molecular complexity index is 7620. The number of rotatable bonds is 40. The van der Waals surface area contributed by atoms with Crippen molar-refractivity contribution in [3.8, 4) is 11.8 Å². The molecule has 1 fully saturated rings. The zero-order valence-corrected chi connectivity index (χ0v) is 87.2. The van der Waals surface area contributed by atoms with Crippen LogP contribution >= 0.6 is 0 Å². The normalized spacial score (nSPS) is 15.8. The highest BCUT2D eigenvalue weighted by Gasteiger charge is 2.48. The average molecular weight is 2070 g/mol. The minimum atomic E-state index is -4.43. The van der Waals surface area contributed by atoms with Crippen LogP contribution in [0.25, 0.3) is 22.3 Å². The van der Waals surface area contributed by atoms with Crippen LogP contribution in [-0.4, -0.2) is 151 Å². The van der Waals surface area contributed by atoms with Crippen molar-refractivity contribution >= 4 is 124 Å². The molecule has 3 amide bonds. The minimum absolute atomic E-state index is 0.0324. The Morgan fingerprint density at radius 1 is 0.487 bits per heavy atom. The van der Waals surface area contributed by atoms with Crippen LogP contribution in [0.4, 0.5) is 46.0 Å². The van der Waals surface area contributed by atoms with Gasteiger partial charge < -0.3 is 56.6 Å². The molecule has 8 aromatic carbocycles. The molecule has 12 aromatic rings. The second kappa shape index (κ2) is 46.7. The molecule has 0 spiro atoms. The van der Waals surface area contributed by atoms with E-state index in [1.165, 1.54) is 64.5 Å².